The van der Waals surface area contributed by atoms with Gasteiger partial charge in [0.15, 0.2) is 0 Å². The van der Waals surface area contributed by atoms with Gasteiger partial charge in [0.05, 0.1) is 36.1 Å². The third kappa shape index (κ3) is 5.07. The fraction of sp³-hybridized carbons (Fsp3) is 0.560. The van der Waals surface area contributed by atoms with E-state index >= 15 is 0 Å². The molecule has 35 heavy (non-hydrogen) atoms. The van der Waals surface area contributed by atoms with Crippen LogP contribution >= 0.6 is 0 Å². The highest BCUT2D eigenvalue weighted by molar-refractivity contribution is 6.01. The second-order valence-electron chi connectivity index (χ2n) is 9.92. The van der Waals surface area contributed by atoms with Gasteiger partial charge in [0.1, 0.15) is 11.4 Å². The van der Waals surface area contributed by atoms with Crippen LogP contribution < -0.4 is 5.32 Å². The largest absolute Gasteiger partial charge is 0.433 e. The second kappa shape index (κ2) is 9.29. The Hall–Kier alpha value is -2.88. The van der Waals surface area contributed by atoms with Crippen LogP contribution in [0.15, 0.2) is 24.4 Å². The Labute approximate surface area is 202 Å². The predicted molar refractivity (Wildman–Crippen MR) is 123 cm³/mol. The topological polar surface area (TPSA) is 76.5 Å². The van der Waals surface area contributed by atoms with E-state index in [4.69, 9.17) is 4.74 Å². The summed E-state index contributed by atoms with van der Waals surface area (Å²) in [6, 6.07) is 3.46. The van der Waals surface area contributed by atoms with Gasteiger partial charge in [0.25, 0.3) is 11.8 Å². The third-order valence-electron chi connectivity index (χ3n) is 6.82. The number of hydrogen-bond acceptors (Lipinski definition) is 4. The summed E-state index contributed by atoms with van der Waals surface area (Å²) >= 11 is 0. The summed E-state index contributed by atoms with van der Waals surface area (Å²) < 4.78 is 46.4. The molecule has 0 unspecified atom stereocenters. The van der Waals surface area contributed by atoms with Crippen LogP contribution in [0.1, 0.15) is 90.8 Å². The van der Waals surface area contributed by atoms with Gasteiger partial charge in [-0.15, -0.1) is 0 Å². The van der Waals surface area contributed by atoms with E-state index in [1.54, 1.807) is 6.07 Å². The first kappa shape index (κ1) is 25.2. The molecule has 0 saturated carbocycles. The number of nitrogens with zero attached hydrogens (tertiary/aromatic N) is 3. The molecule has 2 aliphatic heterocycles. The monoisotopic (exact) mass is 492 g/mol. The first-order chi connectivity index (χ1) is 16.4. The Morgan fingerprint density at radius 2 is 2.06 bits per heavy atom. The van der Waals surface area contributed by atoms with Crippen molar-refractivity contribution in [3.63, 3.8) is 0 Å². The number of likely N-dealkylation sites (tertiary alicyclic amines) is 1. The number of aromatic nitrogens is 2. The zero-order chi connectivity index (χ0) is 25.5. The van der Waals surface area contributed by atoms with Crippen molar-refractivity contribution in [2.45, 2.75) is 84.0 Å². The van der Waals surface area contributed by atoms with Crippen LogP contribution in [0.25, 0.3) is 0 Å². The third-order valence-corrected chi connectivity index (χ3v) is 6.82. The molecule has 190 valence electrons. The number of carbonyl (C=O) groups excluding carboxylic acids is 2. The maximum atomic E-state index is 13.4. The molecule has 0 aromatic carbocycles. The molecular formula is C25H31F3N4O3. The zero-order valence-corrected chi connectivity index (χ0v) is 20.4. The van der Waals surface area contributed by atoms with Crippen LogP contribution in [0, 0.1) is 0 Å². The first-order valence-electron chi connectivity index (χ1n) is 11.9. The van der Waals surface area contributed by atoms with Gasteiger partial charge in [-0.05, 0) is 57.7 Å². The van der Waals surface area contributed by atoms with Gasteiger partial charge in [0, 0.05) is 18.8 Å². The number of halogens is 3. The molecule has 2 aliphatic rings. The lowest BCUT2D eigenvalue weighted by Gasteiger charge is -2.34. The number of hydrogen-bond donors (Lipinski definition) is 1. The SMILES string of the molecule is CC[C@@H](NC(=O)c1cc(C(=O)N2CCC[C@@H]2C)n2c1COC(C)(C)C2)c1ccc(C(F)(F)F)nc1. The van der Waals surface area contributed by atoms with Gasteiger partial charge < -0.3 is 19.5 Å². The minimum atomic E-state index is -4.53. The minimum Gasteiger partial charge on any atom is -0.367 e. The van der Waals surface area contributed by atoms with Gasteiger partial charge in [0.2, 0.25) is 0 Å². The highest BCUT2D eigenvalue weighted by atomic mass is 19.4. The van der Waals surface area contributed by atoms with Crippen molar-refractivity contribution >= 4 is 11.8 Å². The maximum absolute atomic E-state index is 13.4. The van der Waals surface area contributed by atoms with Crippen molar-refractivity contribution in [2.75, 3.05) is 6.54 Å². The number of alkyl halides is 3. The van der Waals surface area contributed by atoms with Crippen molar-refractivity contribution in [3.05, 3.63) is 52.6 Å². The van der Waals surface area contributed by atoms with E-state index in [1.165, 1.54) is 6.07 Å². The molecule has 2 amide bonds. The quantitative estimate of drug-likeness (QED) is 0.656. The Morgan fingerprint density at radius 1 is 1.31 bits per heavy atom. The predicted octanol–water partition coefficient (Wildman–Crippen LogP) is 4.72. The Balaban J connectivity index is 1.63. The summed E-state index contributed by atoms with van der Waals surface area (Å²) in [6.45, 7) is 9.01. The molecule has 10 heteroatoms. The average molecular weight is 493 g/mol. The van der Waals surface area contributed by atoms with Crippen molar-refractivity contribution in [1.82, 2.24) is 19.8 Å². The molecule has 1 N–H and O–H groups in total. The highest BCUT2D eigenvalue weighted by Gasteiger charge is 2.36. The van der Waals surface area contributed by atoms with Crippen molar-refractivity contribution in [3.8, 4) is 0 Å². The molecule has 1 fully saturated rings. The lowest BCUT2D eigenvalue weighted by atomic mass is 10.0. The molecule has 0 aliphatic carbocycles. The molecule has 2 atom stereocenters. The van der Waals surface area contributed by atoms with Crippen LogP contribution in [-0.2, 0) is 24.1 Å². The number of nitrogens with one attached hydrogen (secondary N) is 1. The molecular weight excluding hydrogens is 461 g/mol. The summed E-state index contributed by atoms with van der Waals surface area (Å²) in [4.78, 5) is 32.1. The Morgan fingerprint density at radius 3 is 2.63 bits per heavy atom. The molecule has 0 spiro atoms. The number of rotatable bonds is 5. The van der Waals surface area contributed by atoms with E-state index in [0.29, 0.717) is 42.0 Å². The van der Waals surface area contributed by atoms with Gasteiger partial charge >= 0.3 is 6.18 Å². The average Bonchev–Trinajstić information content (AvgIpc) is 3.39. The standard InChI is InChI=1S/C25H31F3N4O3/c1-5-18(16-8-9-21(29-12-16)25(26,27)28)30-22(33)17-11-19(23(34)31-10-6-7-15(31)2)32-14-24(3,4)35-13-20(17)32/h8-9,11-12,15,18H,5-7,10,13-14H2,1-4H3,(H,30,33)/t15-,18+/m0/s1. The van der Waals surface area contributed by atoms with Crippen LogP contribution in [0.2, 0.25) is 0 Å². The summed E-state index contributed by atoms with van der Waals surface area (Å²) in [5.41, 5.74) is 0.416. The fourth-order valence-corrected chi connectivity index (χ4v) is 4.81. The fourth-order valence-electron chi connectivity index (χ4n) is 4.81. The number of fused-ring (bicyclic) bond motifs is 1. The molecule has 2 aromatic heterocycles. The highest BCUT2D eigenvalue weighted by Crippen LogP contribution is 2.32. The smallest absolute Gasteiger partial charge is 0.367 e. The van der Waals surface area contributed by atoms with E-state index in [2.05, 4.69) is 10.3 Å². The van der Waals surface area contributed by atoms with E-state index < -0.39 is 29.4 Å². The van der Waals surface area contributed by atoms with Crippen molar-refractivity contribution in [2.24, 2.45) is 0 Å². The van der Waals surface area contributed by atoms with E-state index in [-0.39, 0.29) is 18.6 Å². The van der Waals surface area contributed by atoms with Crippen LogP contribution in [-0.4, -0.2) is 44.5 Å². The molecule has 0 bridgehead atoms. The van der Waals surface area contributed by atoms with Gasteiger partial charge in [-0.3, -0.25) is 14.6 Å². The van der Waals surface area contributed by atoms with Crippen molar-refractivity contribution in [1.29, 1.82) is 0 Å². The molecule has 4 rings (SSSR count). The van der Waals surface area contributed by atoms with E-state index in [1.807, 2.05) is 37.2 Å². The Bertz CT molecular complexity index is 1110. The summed E-state index contributed by atoms with van der Waals surface area (Å²) in [7, 11) is 0. The Kier molecular flexibility index (Phi) is 6.70. The zero-order valence-electron chi connectivity index (χ0n) is 20.4. The number of pyridine rings is 1. The second-order valence-corrected chi connectivity index (χ2v) is 9.92. The van der Waals surface area contributed by atoms with Crippen LogP contribution in [0.3, 0.4) is 0 Å². The van der Waals surface area contributed by atoms with Gasteiger partial charge in [-0.2, -0.15) is 13.2 Å². The van der Waals surface area contributed by atoms with Crippen molar-refractivity contribution < 1.29 is 27.5 Å². The van der Waals surface area contributed by atoms with E-state index in [0.717, 1.165) is 25.1 Å². The van der Waals surface area contributed by atoms with Gasteiger partial charge in [-0.25, -0.2) is 0 Å². The normalized spacial score (nSPS) is 20.4. The number of amides is 2. The van der Waals surface area contributed by atoms with E-state index in [9.17, 15) is 22.8 Å². The molecule has 7 nitrogen and oxygen atoms in total. The lowest BCUT2D eigenvalue weighted by molar-refractivity contribution is -0.141. The number of carbonyl (C=O) groups is 2. The first-order valence-corrected chi connectivity index (χ1v) is 11.9. The lowest BCUT2D eigenvalue weighted by Crippen LogP contribution is -2.40. The maximum Gasteiger partial charge on any atom is 0.433 e. The minimum absolute atomic E-state index is 0.105. The summed E-state index contributed by atoms with van der Waals surface area (Å²) in [5.74, 6) is -0.510. The van der Waals surface area contributed by atoms with Crippen LogP contribution in [0.5, 0.6) is 0 Å². The molecule has 2 aromatic rings. The number of ether oxygens (including phenoxy) is 1. The summed E-state index contributed by atoms with van der Waals surface area (Å²) in [6.07, 6.45) is -1.04. The molecule has 4 heterocycles. The van der Waals surface area contributed by atoms with Gasteiger partial charge in [-0.1, -0.05) is 13.0 Å². The molecule has 0 radical (unpaired) electrons. The molecule has 1 saturated heterocycles. The van der Waals surface area contributed by atoms with Crippen LogP contribution in [0.4, 0.5) is 13.2 Å². The summed E-state index contributed by atoms with van der Waals surface area (Å²) in [5, 5.41) is 2.90.